The molecule has 0 radical (unpaired) electrons. The molecule has 22 heteroatoms. The first kappa shape index (κ1) is 58.9. The number of likely N-dealkylation sites (N-methyl/N-ethyl adjacent to an activating group) is 1. The minimum atomic E-state index is -1.90. The fourth-order valence-corrected chi connectivity index (χ4v) is 11.6. The first-order chi connectivity index (χ1) is 37.2. The number of nitrogens with zero attached hydrogens (tertiary/aromatic N) is 3. The van der Waals surface area contributed by atoms with Crippen LogP contribution in [0.3, 0.4) is 0 Å². The Kier molecular flexibility index (Phi) is 19.5. The molecular weight excluding hydrogens is 1070 g/mol. The normalized spacial score (nSPS) is 24.2. The maximum Gasteiger partial charge on any atom is 0.409 e. The van der Waals surface area contributed by atoms with Gasteiger partial charge in [-0.2, -0.15) is 5.26 Å². The van der Waals surface area contributed by atoms with Crippen LogP contribution in [0.1, 0.15) is 73.0 Å². The molecule has 4 bridgehead atoms. The van der Waals surface area contributed by atoms with Gasteiger partial charge >= 0.3 is 12.1 Å². The molecule has 4 amide bonds. The number of hydrogen-bond acceptors (Lipinski definition) is 17. The molecule has 2 fully saturated rings. The molecule has 19 nitrogen and oxygen atoms in total. The van der Waals surface area contributed by atoms with Crippen LogP contribution in [0.4, 0.5) is 10.5 Å². The van der Waals surface area contributed by atoms with E-state index in [1.54, 1.807) is 56.3 Å². The summed E-state index contributed by atoms with van der Waals surface area (Å²) in [6, 6.07) is 21.3. The lowest BCUT2D eigenvalue weighted by atomic mass is 9.81. The summed E-state index contributed by atoms with van der Waals surface area (Å²) in [4.78, 5) is 82.6. The molecule has 3 aliphatic heterocycles. The maximum absolute atomic E-state index is 14.3. The van der Waals surface area contributed by atoms with E-state index in [2.05, 4.69) is 16.7 Å². The van der Waals surface area contributed by atoms with Gasteiger partial charge in [-0.25, -0.2) is 4.79 Å². The van der Waals surface area contributed by atoms with Gasteiger partial charge in [-0.1, -0.05) is 100 Å². The molecule has 1 aromatic heterocycles. The number of hydrogen-bond donors (Lipinski definition) is 5. The summed E-state index contributed by atoms with van der Waals surface area (Å²) in [5.74, 6) is -4.06. The Bertz CT molecular complexity index is 3060. The average molecular weight is 1130 g/mol. The number of esters is 1. The van der Waals surface area contributed by atoms with Crippen molar-refractivity contribution in [2.45, 2.75) is 89.1 Å². The van der Waals surface area contributed by atoms with Crippen molar-refractivity contribution in [2.75, 3.05) is 50.8 Å². The van der Waals surface area contributed by atoms with Gasteiger partial charge in [-0.05, 0) is 66.8 Å². The van der Waals surface area contributed by atoms with Gasteiger partial charge in [0.2, 0.25) is 28.8 Å². The van der Waals surface area contributed by atoms with E-state index in [-0.39, 0.29) is 48.9 Å². The molecule has 5 N–H and O–H groups in total. The van der Waals surface area contributed by atoms with Gasteiger partial charge < -0.3 is 53.8 Å². The zero-order valence-corrected chi connectivity index (χ0v) is 46.3. The molecule has 0 saturated carbocycles. The van der Waals surface area contributed by atoms with E-state index in [0.717, 1.165) is 33.9 Å². The molecule has 7 rings (SSSR count). The lowest BCUT2D eigenvalue weighted by Gasteiger charge is -2.42. The van der Waals surface area contributed by atoms with Gasteiger partial charge in [-0.3, -0.25) is 29.3 Å². The van der Waals surface area contributed by atoms with E-state index in [1.165, 1.54) is 52.6 Å². The Morgan fingerprint density at radius 1 is 1.05 bits per heavy atom. The van der Waals surface area contributed by atoms with Crippen molar-refractivity contribution in [3.63, 3.8) is 0 Å². The third-order valence-corrected chi connectivity index (χ3v) is 16.8. The molecule has 3 aromatic carbocycles. The summed E-state index contributed by atoms with van der Waals surface area (Å²) >= 11 is 6.79. The topological polar surface area (TPSA) is 271 Å². The number of halogens is 1. The number of aromatic hydroxyl groups is 1. The second-order valence-electron chi connectivity index (χ2n) is 19.6. The summed E-state index contributed by atoms with van der Waals surface area (Å²) in [5, 5.41) is 47.0. The number of aryl methyl sites for hydroxylation is 1. The number of fused-ring (bicyclic) bond motifs is 5. The van der Waals surface area contributed by atoms with Crippen molar-refractivity contribution in [2.24, 2.45) is 11.8 Å². The Labute approximate surface area is 464 Å². The van der Waals surface area contributed by atoms with Crippen molar-refractivity contribution >= 4 is 68.7 Å². The molecule has 0 aliphatic carbocycles. The van der Waals surface area contributed by atoms with Crippen molar-refractivity contribution < 1.29 is 62.7 Å². The Hall–Kier alpha value is -6.80. The standard InChI is InChI=1S/C56H62ClN5O14S2/c1-32-8-7-9-39(31-63)56(71)27-44(74-54(70)60-56)33(2)52-55(3,76-52)45(26-47(66)62(5)41-23-36(22-32)24-43(72-6)49(41)57)75-48(67)30-61(4)46(65)19-21-78-77-20-18-40-25-42(64)50(68)51(73-40)53(69)59-29-35-12-16-38(17-13-35)37-14-10-34(28-58)11-15-37/h7-17,23-25,33,39,44-45,52,63,68,71H,18-22,26-27,29-31H2,1-6H3,(H,59,69)(H,60,70)/b9-7+,32-8+/t33-,39+,44?,45+,52-,55-,56+/m0/s1. The molecule has 4 aromatic rings. The highest BCUT2D eigenvalue weighted by Crippen LogP contribution is 2.49. The number of aliphatic hydroxyl groups is 2. The fraction of sp³-hybridized carbons (Fsp3) is 0.411. The fourth-order valence-electron chi connectivity index (χ4n) is 9.32. The molecular formula is C56H62ClN5O14S2. The van der Waals surface area contributed by atoms with E-state index in [4.69, 9.17) is 40.2 Å². The Morgan fingerprint density at radius 2 is 1.74 bits per heavy atom. The predicted molar refractivity (Wildman–Crippen MR) is 294 cm³/mol. The minimum absolute atomic E-state index is 0.0399. The van der Waals surface area contributed by atoms with E-state index in [1.807, 2.05) is 43.3 Å². The molecule has 4 heterocycles. The lowest BCUT2D eigenvalue weighted by molar-refractivity contribution is -0.157. The van der Waals surface area contributed by atoms with Crippen LogP contribution in [0.25, 0.3) is 11.1 Å². The molecule has 2 saturated heterocycles. The number of methoxy groups -OCH3 is 1. The summed E-state index contributed by atoms with van der Waals surface area (Å²) < 4.78 is 29.2. The van der Waals surface area contributed by atoms with E-state index < -0.39 is 95.4 Å². The number of alkyl carbamates (subject to hydrolysis) is 1. The first-order valence-electron chi connectivity index (χ1n) is 25.0. The Morgan fingerprint density at radius 3 is 2.42 bits per heavy atom. The zero-order valence-electron chi connectivity index (χ0n) is 43.9. The van der Waals surface area contributed by atoms with Crippen molar-refractivity contribution in [3.8, 4) is 28.7 Å². The number of epoxide rings is 1. The number of carbonyl (C=O) groups excluding carboxylic acids is 5. The second kappa shape index (κ2) is 25.8. The van der Waals surface area contributed by atoms with Crippen LogP contribution in [0.5, 0.6) is 11.5 Å². The highest BCUT2D eigenvalue weighted by molar-refractivity contribution is 8.76. The zero-order chi connectivity index (χ0) is 56.5. The third-order valence-electron chi connectivity index (χ3n) is 14.0. The summed E-state index contributed by atoms with van der Waals surface area (Å²) in [7, 11) is 7.19. The number of anilines is 1. The summed E-state index contributed by atoms with van der Waals surface area (Å²) in [6.07, 6.45) is 1.44. The van der Waals surface area contributed by atoms with Crippen LogP contribution >= 0.6 is 33.2 Å². The highest BCUT2D eigenvalue weighted by Gasteiger charge is 2.64. The molecule has 0 spiro atoms. The molecule has 414 valence electrons. The quantitative estimate of drug-likeness (QED) is 0.0332. The maximum atomic E-state index is 14.3. The van der Waals surface area contributed by atoms with Crippen LogP contribution in [0.2, 0.25) is 5.02 Å². The van der Waals surface area contributed by atoms with Crippen molar-refractivity contribution in [3.05, 3.63) is 134 Å². The van der Waals surface area contributed by atoms with Crippen LogP contribution in [-0.2, 0) is 48.0 Å². The molecule has 78 heavy (non-hydrogen) atoms. The largest absolute Gasteiger partial charge is 0.501 e. The van der Waals surface area contributed by atoms with Crippen molar-refractivity contribution in [1.82, 2.24) is 15.5 Å². The van der Waals surface area contributed by atoms with Gasteiger partial charge in [0.1, 0.15) is 40.9 Å². The van der Waals surface area contributed by atoms with Crippen LogP contribution in [0.15, 0.2) is 99.7 Å². The second-order valence-corrected chi connectivity index (χ2v) is 22.7. The van der Waals surface area contributed by atoms with Crippen LogP contribution < -0.4 is 25.7 Å². The number of nitrogens with one attached hydrogen (secondary N) is 2. The van der Waals surface area contributed by atoms with Crippen LogP contribution in [-0.4, -0.2) is 126 Å². The van der Waals surface area contributed by atoms with Gasteiger partial charge in [-0.15, -0.1) is 0 Å². The first-order valence-corrected chi connectivity index (χ1v) is 27.9. The number of ether oxygens (including phenoxy) is 4. The molecule has 3 aliphatic rings. The predicted octanol–water partition coefficient (Wildman–Crippen LogP) is 6.86. The van der Waals surface area contributed by atoms with Crippen LogP contribution in [0, 0.1) is 23.2 Å². The lowest BCUT2D eigenvalue weighted by Crippen LogP contribution is -2.62. The number of nitriles is 1. The number of aliphatic hydroxyl groups excluding tert-OH is 1. The number of carbonyl (C=O) groups is 5. The van der Waals surface area contributed by atoms with Gasteiger partial charge in [0.25, 0.3) is 5.91 Å². The Balaban J connectivity index is 0.941. The molecule has 7 atom stereocenters. The summed E-state index contributed by atoms with van der Waals surface area (Å²) in [6.45, 7) is 4.41. The number of rotatable bonds is 16. The molecule has 1 unspecified atom stereocenters. The highest BCUT2D eigenvalue weighted by atomic mass is 35.5. The monoisotopic (exact) mass is 1130 g/mol. The average Bonchev–Trinajstić information content (AvgIpc) is 4.25. The number of amides is 4. The van der Waals surface area contributed by atoms with E-state index in [9.17, 15) is 44.1 Å². The van der Waals surface area contributed by atoms with Gasteiger partial charge in [0, 0.05) is 69.3 Å². The number of allylic oxidation sites excluding steroid dienone is 3. The van der Waals surface area contributed by atoms with E-state index in [0.29, 0.717) is 34.9 Å². The van der Waals surface area contributed by atoms with E-state index >= 15 is 0 Å². The number of benzene rings is 3. The van der Waals surface area contributed by atoms with Gasteiger partial charge in [0.05, 0.1) is 43.6 Å². The minimum Gasteiger partial charge on any atom is -0.501 e. The van der Waals surface area contributed by atoms with Gasteiger partial charge in [0.15, 0.2) is 5.72 Å². The SMILES string of the molecule is COc1cc2cc(c1Cl)N(C)C(=O)C[C@@H](OC(=O)CN(C)C(=O)CCSSCCc1cc(=O)c(O)c(C(=O)NCc3ccc(-c4ccc(C#N)cc4)cc3)o1)[C@]1(C)O[C@H]1[C@@H](C)C1C[C@](O)(NC(=O)O1)[C@@H](CO)/C=C/C=C(\C)C2. The smallest absolute Gasteiger partial charge is 0.409 e. The summed E-state index contributed by atoms with van der Waals surface area (Å²) in [5.41, 5.74) is 1.13. The third kappa shape index (κ3) is 14.3. The van der Waals surface area contributed by atoms with Crippen molar-refractivity contribution in [1.29, 1.82) is 5.26 Å².